The minimum Gasteiger partial charge on any atom is -0.507 e. The van der Waals surface area contributed by atoms with Crippen molar-refractivity contribution in [1.29, 1.82) is 0 Å². The van der Waals surface area contributed by atoms with Crippen molar-refractivity contribution in [2.24, 2.45) is 0 Å². The summed E-state index contributed by atoms with van der Waals surface area (Å²) in [5.41, 5.74) is -1.06. The molecule has 98 valence electrons. The zero-order valence-corrected chi connectivity index (χ0v) is 8.81. The molecule has 0 radical (unpaired) electrons. The van der Waals surface area contributed by atoms with Crippen LogP contribution >= 0.6 is 0 Å². The molecule has 0 amide bonds. The Hall–Kier alpha value is -2.32. The third-order valence-corrected chi connectivity index (χ3v) is 2.23. The van der Waals surface area contributed by atoms with Crippen LogP contribution in [0.2, 0.25) is 0 Å². The van der Waals surface area contributed by atoms with E-state index < -0.39 is 46.8 Å². The number of benzene rings is 1. The third-order valence-electron chi connectivity index (χ3n) is 2.23. The maximum Gasteiger partial charge on any atom is 0.337 e. The van der Waals surface area contributed by atoms with Crippen LogP contribution in [-0.4, -0.2) is 42.6 Å². The van der Waals surface area contributed by atoms with Crippen LogP contribution < -0.4 is 0 Å². The molecule has 0 saturated carbocycles. The van der Waals surface area contributed by atoms with Gasteiger partial charge in [0.15, 0.2) is 12.2 Å². The van der Waals surface area contributed by atoms with E-state index in [1.54, 1.807) is 0 Å². The van der Waals surface area contributed by atoms with Crippen LogP contribution in [0.1, 0.15) is 23.3 Å². The van der Waals surface area contributed by atoms with Gasteiger partial charge >= 0.3 is 11.9 Å². The Labute approximate surface area is 100.0 Å². The second-order valence-electron chi connectivity index (χ2n) is 3.45. The molecular formula is C10H10O8. The Bertz CT molecular complexity index is 454. The average molecular weight is 258 g/mol. The van der Waals surface area contributed by atoms with Crippen molar-refractivity contribution in [3.8, 4) is 11.5 Å². The summed E-state index contributed by atoms with van der Waals surface area (Å²) in [6.45, 7) is 0. The maximum atomic E-state index is 10.5. The second kappa shape index (κ2) is 4.90. The minimum atomic E-state index is -2.11. The van der Waals surface area contributed by atoms with Crippen molar-refractivity contribution < 1.29 is 40.2 Å². The number of phenols is 2. The zero-order chi connectivity index (χ0) is 14.0. The van der Waals surface area contributed by atoms with Crippen molar-refractivity contribution in [2.45, 2.75) is 12.2 Å². The van der Waals surface area contributed by atoms with Gasteiger partial charge in [-0.25, -0.2) is 9.59 Å². The number of hydrogen-bond acceptors (Lipinski definition) is 6. The van der Waals surface area contributed by atoms with Crippen molar-refractivity contribution in [3.05, 3.63) is 23.3 Å². The molecular weight excluding hydrogens is 248 g/mol. The number of phenolic OH excluding ortho intramolecular Hbond substituents is 2. The number of carboxylic acid groups (broad SMARTS) is 2. The first-order chi connectivity index (χ1) is 8.25. The number of aliphatic hydroxyl groups excluding tert-OH is 2. The fraction of sp³-hybridized carbons (Fsp3) is 0.200. The molecule has 0 heterocycles. The van der Waals surface area contributed by atoms with E-state index in [1.165, 1.54) is 0 Å². The lowest BCUT2D eigenvalue weighted by molar-refractivity contribution is -0.147. The van der Waals surface area contributed by atoms with Gasteiger partial charge in [0.2, 0.25) is 0 Å². The van der Waals surface area contributed by atoms with E-state index in [0.29, 0.717) is 12.1 Å². The smallest absolute Gasteiger partial charge is 0.337 e. The first kappa shape index (κ1) is 13.7. The van der Waals surface area contributed by atoms with E-state index in [4.69, 9.17) is 10.2 Å². The van der Waals surface area contributed by atoms with Gasteiger partial charge in [0.05, 0.1) is 0 Å². The lowest BCUT2D eigenvalue weighted by Crippen LogP contribution is -2.14. The number of carboxylic acids is 2. The molecule has 2 atom stereocenters. The minimum absolute atomic E-state index is 0.532. The van der Waals surface area contributed by atoms with E-state index in [9.17, 15) is 30.0 Å². The number of carbonyl (C=O) groups is 2. The highest BCUT2D eigenvalue weighted by Crippen LogP contribution is 2.34. The van der Waals surface area contributed by atoms with Crippen molar-refractivity contribution in [3.63, 3.8) is 0 Å². The summed E-state index contributed by atoms with van der Waals surface area (Å²) in [6, 6.07) is 1.35. The van der Waals surface area contributed by atoms with Crippen LogP contribution in [0.3, 0.4) is 0 Å². The Morgan fingerprint density at radius 1 is 0.833 bits per heavy atom. The van der Waals surface area contributed by atoms with Gasteiger partial charge in [-0.3, -0.25) is 0 Å². The Morgan fingerprint density at radius 2 is 1.17 bits per heavy atom. The van der Waals surface area contributed by atoms with Gasteiger partial charge in [0, 0.05) is 17.2 Å². The summed E-state index contributed by atoms with van der Waals surface area (Å²) in [4.78, 5) is 21.1. The number of aromatic hydroxyl groups is 2. The standard InChI is InChI=1S/C10H10O8/c11-5-2-6(12)4(8(14)10(17)18)1-3(5)7(13)9(15)16/h1-2,7-8,11-14H,(H,15,16)(H,17,18). The first-order valence-corrected chi connectivity index (χ1v) is 4.63. The predicted molar refractivity (Wildman–Crippen MR) is 55.0 cm³/mol. The van der Waals surface area contributed by atoms with E-state index in [0.717, 1.165) is 0 Å². The molecule has 1 aromatic rings. The molecule has 0 aliphatic carbocycles. The topological polar surface area (TPSA) is 156 Å². The lowest BCUT2D eigenvalue weighted by atomic mass is 10.0. The molecule has 0 aliphatic heterocycles. The number of aliphatic hydroxyl groups is 2. The van der Waals surface area contributed by atoms with E-state index in [-0.39, 0.29) is 0 Å². The molecule has 8 nitrogen and oxygen atoms in total. The molecule has 18 heavy (non-hydrogen) atoms. The zero-order valence-electron chi connectivity index (χ0n) is 8.81. The summed E-state index contributed by atoms with van der Waals surface area (Å²) in [7, 11) is 0. The van der Waals surface area contributed by atoms with E-state index in [1.807, 2.05) is 0 Å². The fourth-order valence-corrected chi connectivity index (χ4v) is 1.32. The largest absolute Gasteiger partial charge is 0.507 e. The number of aliphatic carboxylic acids is 2. The Morgan fingerprint density at radius 3 is 1.44 bits per heavy atom. The second-order valence-corrected chi connectivity index (χ2v) is 3.45. The van der Waals surface area contributed by atoms with Crippen LogP contribution in [0.25, 0.3) is 0 Å². The lowest BCUT2D eigenvalue weighted by Gasteiger charge is -2.14. The molecule has 0 saturated heterocycles. The van der Waals surface area contributed by atoms with Gasteiger partial charge in [0.1, 0.15) is 11.5 Å². The van der Waals surface area contributed by atoms with Crippen LogP contribution in [0.15, 0.2) is 12.1 Å². The van der Waals surface area contributed by atoms with Crippen LogP contribution in [0, 0.1) is 0 Å². The molecule has 0 aromatic heterocycles. The Balaban J connectivity index is 3.35. The van der Waals surface area contributed by atoms with E-state index >= 15 is 0 Å². The summed E-state index contributed by atoms with van der Waals surface area (Å²) in [5, 5.41) is 54.3. The normalized spacial score (nSPS) is 13.9. The highest BCUT2D eigenvalue weighted by molar-refractivity contribution is 5.78. The van der Waals surface area contributed by atoms with Crippen LogP contribution in [-0.2, 0) is 9.59 Å². The van der Waals surface area contributed by atoms with Crippen LogP contribution in [0.5, 0.6) is 11.5 Å². The monoisotopic (exact) mass is 258 g/mol. The number of hydrogen-bond donors (Lipinski definition) is 6. The summed E-state index contributed by atoms with van der Waals surface area (Å²) in [6.07, 6.45) is -4.21. The highest BCUT2D eigenvalue weighted by Gasteiger charge is 2.26. The molecule has 2 unspecified atom stereocenters. The highest BCUT2D eigenvalue weighted by atomic mass is 16.4. The molecule has 0 aliphatic rings. The summed E-state index contributed by atoms with van der Waals surface area (Å²) < 4.78 is 0. The quantitative estimate of drug-likeness (QED) is 0.415. The molecule has 6 N–H and O–H groups in total. The molecule has 0 spiro atoms. The van der Waals surface area contributed by atoms with Crippen molar-refractivity contribution in [2.75, 3.05) is 0 Å². The maximum absolute atomic E-state index is 10.5. The molecule has 1 aromatic carbocycles. The molecule has 8 heteroatoms. The first-order valence-electron chi connectivity index (χ1n) is 4.63. The number of rotatable bonds is 4. The summed E-state index contributed by atoms with van der Waals surface area (Å²) >= 11 is 0. The van der Waals surface area contributed by atoms with Gasteiger partial charge < -0.3 is 30.6 Å². The predicted octanol–water partition coefficient (Wildman–Crippen LogP) is -0.666. The van der Waals surface area contributed by atoms with Crippen LogP contribution in [0.4, 0.5) is 0 Å². The Kier molecular flexibility index (Phi) is 3.74. The fourth-order valence-electron chi connectivity index (χ4n) is 1.32. The van der Waals surface area contributed by atoms with Gasteiger partial charge in [0.25, 0.3) is 0 Å². The molecule has 1 rings (SSSR count). The van der Waals surface area contributed by atoms with Crippen molar-refractivity contribution >= 4 is 11.9 Å². The average Bonchev–Trinajstić information content (AvgIpc) is 2.27. The van der Waals surface area contributed by atoms with Gasteiger partial charge in [-0.2, -0.15) is 0 Å². The molecule has 0 fully saturated rings. The van der Waals surface area contributed by atoms with Gasteiger partial charge in [-0.05, 0) is 6.07 Å². The summed E-state index contributed by atoms with van der Waals surface area (Å²) in [5.74, 6) is -4.81. The van der Waals surface area contributed by atoms with Crippen molar-refractivity contribution in [1.82, 2.24) is 0 Å². The molecule has 0 bridgehead atoms. The van der Waals surface area contributed by atoms with E-state index in [2.05, 4.69) is 0 Å². The SMILES string of the molecule is O=C(O)C(O)c1cc(C(O)C(=O)O)c(O)cc1O. The third kappa shape index (κ3) is 2.50. The van der Waals surface area contributed by atoms with Gasteiger partial charge in [-0.15, -0.1) is 0 Å². The van der Waals surface area contributed by atoms with Gasteiger partial charge in [-0.1, -0.05) is 0 Å².